The first-order valence-electron chi connectivity index (χ1n) is 9.63. The summed E-state index contributed by atoms with van der Waals surface area (Å²) in [7, 11) is 0. The molecule has 0 spiro atoms. The summed E-state index contributed by atoms with van der Waals surface area (Å²) >= 11 is 6.81. The number of nitro groups is 1. The fourth-order valence-corrected chi connectivity index (χ4v) is 4.58. The van der Waals surface area contributed by atoms with E-state index in [1.54, 1.807) is 19.1 Å². The average Bonchev–Trinajstić information content (AvgIpc) is 3.15. The molecule has 0 radical (unpaired) electrons. The highest BCUT2D eigenvalue weighted by atomic mass is 35.5. The highest BCUT2D eigenvalue weighted by molar-refractivity contribution is 8.18. The summed E-state index contributed by atoms with van der Waals surface area (Å²) in [6, 6.07) is 5.22. The molecule has 168 valence electrons. The van der Waals surface area contributed by atoms with Gasteiger partial charge in [-0.15, -0.1) is 0 Å². The molecular formula is C21H20ClN3O6S. The molecule has 3 rings (SSSR count). The SMILES string of the molecule is CCOC(=O)[C@@H](C)N1C(=O)S/C(=C/c2cc(C)n(-c3ccc([N+](=O)[O-])c(Cl)c3)c2C)C1=O. The summed E-state index contributed by atoms with van der Waals surface area (Å²) in [5, 5.41) is 10.5. The van der Waals surface area contributed by atoms with Gasteiger partial charge in [0, 0.05) is 23.1 Å². The molecule has 0 bridgehead atoms. The number of carbonyl (C=O) groups excluding carboxylic acids is 3. The van der Waals surface area contributed by atoms with Crippen molar-refractivity contribution in [1.82, 2.24) is 9.47 Å². The van der Waals surface area contributed by atoms with Crippen molar-refractivity contribution < 1.29 is 24.0 Å². The molecule has 9 nitrogen and oxygen atoms in total. The van der Waals surface area contributed by atoms with Crippen molar-refractivity contribution in [3.63, 3.8) is 0 Å². The van der Waals surface area contributed by atoms with Crippen LogP contribution in [-0.2, 0) is 14.3 Å². The number of carbonyl (C=O) groups is 3. The monoisotopic (exact) mass is 477 g/mol. The molecular weight excluding hydrogens is 458 g/mol. The van der Waals surface area contributed by atoms with Crippen molar-refractivity contribution in [2.75, 3.05) is 6.61 Å². The van der Waals surface area contributed by atoms with Gasteiger partial charge in [0.25, 0.3) is 16.8 Å². The Bertz CT molecular complexity index is 1170. The Morgan fingerprint density at radius 3 is 2.59 bits per heavy atom. The van der Waals surface area contributed by atoms with Crippen LogP contribution in [0.15, 0.2) is 29.2 Å². The number of amides is 2. The molecule has 0 unspecified atom stereocenters. The predicted octanol–water partition coefficient (Wildman–Crippen LogP) is 4.64. The van der Waals surface area contributed by atoms with Gasteiger partial charge in [-0.05, 0) is 69.3 Å². The quantitative estimate of drug-likeness (QED) is 0.258. The van der Waals surface area contributed by atoms with Crippen molar-refractivity contribution in [2.45, 2.75) is 33.7 Å². The normalized spacial score (nSPS) is 16.0. The Labute approximate surface area is 193 Å². The van der Waals surface area contributed by atoms with Crippen LogP contribution < -0.4 is 0 Å². The Morgan fingerprint density at radius 1 is 1.31 bits per heavy atom. The second-order valence-electron chi connectivity index (χ2n) is 7.03. The molecule has 1 atom stereocenters. The summed E-state index contributed by atoms with van der Waals surface area (Å²) in [4.78, 5) is 48.7. The number of imide groups is 1. The maximum absolute atomic E-state index is 12.8. The number of aromatic nitrogens is 1. The summed E-state index contributed by atoms with van der Waals surface area (Å²) in [5.74, 6) is -1.21. The number of hydrogen-bond acceptors (Lipinski definition) is 7. The first-order chi connectivity index (χ1) is 15.1. The number of benzene rings is 1. The van der Waals surface area contributed by atoms with E-state index >= 15 is 0 Å². The maximum Gasteiger partial charge on any atom is 0.329 e. The van der Waals surface area contributed by atoms with E-state index in [2.05, 4.69) is 0 Å². The third-order valence-corrected chi connectivity index (χ3v) is 6.17. The van der Waals surface area contributed by atoms with E-state index in [-0.39, 0.29) is 22.2 Å². The molecule has 1 fully saturated rings. The van der Waals surface area contributed by atoms with Crippen molar-refractivity contribution in [3.05, 3.63) is 61.3 Å². The molecule has 32 heavy (non-hydrogen) atoms. The van der Waals surface area contributed by atoms with Gasteiger partial charge < -0.3 is 9.30 Å². The van der Waals surface area contributed by atoms with Gasteiger partial charge in [-0.25, -0.2) is 4.79 Å². The molecule has 2 heterocycles. The topological polar surface area (TPSA) is 112 Å². The largest absolute Gasteiger partial charge is 0.464 e. The smallest absolute Gasteiger partial charge is 0.329 e. The Kier molecular flexibility index (Phi) is 6.75. The number of aryl methyl sites for hydroxylation is 1. The molecule has 1 aliphatic heterocycles. The second kappa shape index (κ2) is 9.17. The van der Waals surface area contributed by atoms with Gasteiger partial charge in [0.1, 0.15) is 11.1 Å². The van der Waals surface area contributed by atoms with E-state index in [4.69, 9.17) is 16.3 Å². The Morgan fingerprint density at radius 2 is 2.00 bits per heavy atom. The van der Waals surface area contributed by atoms with E-state index in [0.29, 0.717) is 11.3 Å². The number of ether oxygens (including phenoxy) is 1. The minimum atomic E-state index is -1.02. The van der Waals surface area contributed by atoms with Crippen LogP contribution >= 0.6 is 23.4 Å². The molecule has 2 amide bonds. The van der Waals surface area contributed by atoms with Crippen LogP contribution in [0.5, 0.6) is 0 Å². The standard InChI is InChI=1S/C21H20ClN3O6S/c1-5-31-20(27)13(4)24-19(26)18(32-21(24)28)9-14-8-11(2)23(12(14)3)15-6-7-17(25(29)30)16(22)10-15/h6-10,13H,5H2,1-4H3/b18-9+/t13-/m1/s1. The molecule has 1 aromatic heterocycles. The number of esters is 1. The van der Waals surface area contributed by atoms with Crippen LogP contribution in [0.4, 0.5) is 10.5 Å². The molecule has 0 aliphatic carbocycles. The number of nitrogens with zero attached hydrogens (tertiary/aromatic N) is 3. The number of hydrogen-bond donors (Lipinski definition) is 0. The van der Waals surface area contributed by atoms with Gasteiger partial charge in [0.2, 0.25) is 0 Å². The number of thioether (sulfide) groups is 1. The molecule has 1 aromatic carbocycles. The van der Waals surface area contributed by atoms with Crippen LogP contribution in [0.3, 0.4) is 0 Å². The number of halogens is 1. The van der Waals surface area contributed by atoms with Crippen LogP contribution in [0.25, 0.3) is 11.8 Å². The van der Waals surface area contributed by atoms with Gasteiger partial charge in [0.15, 0.2) is 0 Å². The predicted molar refractivity (Wildman–Crippen MR) is 121 cm³/mol. The average molecular weight is 478 g/mol. The zero-order chi connectivity index (χ0) is 23.7. The van der Waals surface area contributed by atoms with E-state index in [1.807, 2.05) is 24.5 Å². The fourth-order valence-electron chi connectivity index (χ4n) is 3.44. The van der Waals surface area contributed by atoms with Gasteiger partial charge in [-0.1, -0.05) is 11.6 Å². The lowest BCUT2D eigenvalue weighted by Gasteiger charge is -2.19. The summed E-state index contributed by atoms with van der Waals surface area (Å²) in [6.07, 6.45) is 1.59. The third-order valence-electron chi connectivity index (χ3n) is 4.98. The van der Waals surface area contributed by atoms with Crippen LogP contribution in [0.2, 0.25) is 5.02 Å². The Hall–Kier alpha value is -3.11. The van der Waals surface area contributed by atoms with Crippen LogP contribution in [-0.4, -0.2) is 44.2 Å². The molecule has 0 saturated carbocycles. The van der Waals surface area contributed by atoms with Gasteiger partial charge >= 0.3 is 5.97 Å². The minimum Gasteiger partial charge on any atom is -0.464 e. The fraction of sp³-hybridized carbons (Fsp3) is 0.286. The summed E-state index contributed by atoms with van der Waals surface area (Å²) in [5.41, 5.74) is 2.67. The van der Waals surface area contributed by atoms with Gasteiger partial charge in [0.05, 0.1) is 16.4 Å². The van der Waals surface area contributed by atoms with Crippen molar-refractivity contribution in [3.8, 4) is 5.69 Å². The number of rotatable bonds is 6. The van der Waals surface area contributed by atoms with E-state index in [9.17, 15) is 24.5 Å². The van der Waals surface area contributed by atoms with Crippen LogP contribution in [0.1, 0.15) is 30.8 Å². The van der Waals surface area contributed by atoms with Crippen molar-refractivity contribution in [1.29, 1.82) is 0 Å². The summed E-state index contributed by atoms with van der Waals surface area (Å²) in [6.45, 7) is 6.90. The first kappa shape index (κ1) is 23.6. The minimum absolute atomic E-state index is 0.00984. The lowest BCUT2D eigenvalue weighted by molar-refractivity contribution is -0.384. The highest BCUT2D eigenvalue weighted by Gasteiger charge is 2.41. The highest BCUT2D eigenvalue weighted by Crippen LogP contribution is 2.35. The second-order valence-corrected chi connectivity index (χ2v) is 8.43. The van der Waals surface area contributed by atoms with E-state index in [0.717, 1.165) is 28.0 Å². The Balaban J connectivity index is 1.95. The zero-order valence-corrected chi connectivity index (χ0v) is 19.3. The molecule has 1 aliphatic rings. The van der Waals surface area contributed by atoms with E-state index in [1.165, 1.54) is 19.1 Å². The first-order valence-corrected chi connectivity index (χ1v) is 10.8. The van der Waals surface area contributed by atoms with Crippen molar-refractivity contribution in [2.24, 2.45) is 0 Å². The lowest BCUT2D eigenvalue weighted by Crippen LogP contribution is -2.42. The molecule has 11 heteroatoms. The van der Waals surface area contributed by atoms with Crippen LogP contribution in [0, 0.1) is 24.0 Å². The maximum atomic E-state index is 12.8. The van der Waals surface area contributed by atoms with E-state index < -0.39 is 28.1 Å². The molecule has 2 aromatic rings. The zero-order valence-electron chi connectivity index (χ0n) is 17.7. The summed E-state index contributed by atoms with van der Waals surface area (Å²) < 4.78 is 6.76. The third kappa shape index (κ3) is 4.28. The molecule has 1 saturated heterocycles. The van der Waals surface area contributed by atoms with Gasteiger partial charge in [-0.3, -0.25) is 24.6 Å². The lowest BCUT2D eigenvalue weighted by atomic mass is 10.2. The van der Waals surface area contributed by atoms with Crippen molar-refractivity contribution >= 4 is 52.2 Å². The van der Waals surface area contributed by atoms with Gasteiger partial charge in [-0.2, -0.15) is 0 Å². The number of nitro benzene ring substituents is 1. The molecule has 0 N–H and O–H groups in total.